The quantitative estimate of drug-likeness (QED) is 0.778. The lowest BCUT2D eigenvalue weighted by molar-refractivity contribution is -0.274. The van der Waals surface area contributed by atoms with Gasteiger partial charge in [-0.2, -0.15) is 0 Å². The van der Waals surface area contributed by atoms with Gasteiger partial charge >= 0.3 is 6.36 Å². The highest BCUT2D eigenvalue weighted by atomic mass is 19.4. The Kier molecular flexibility index (Phi) is 6.08. The Morgan fingerprint density at radius 1 is 1.00 bits per heavy atom. The number of piperazine rings is 1. The third-order valence-electron chi connectivity index (χ3n) is 4.54. The number of hydrogen-bond acceptors (Lipinski definition) is 4. The molecule has 1 amide bonds. The second kappa shape index (κ2) is 8.52. The third kappa shape index (κ3) is 5.39. The van der Waals surface area contributed by atoms with E-state index in [1.807, 2.05) is 0 Å². The molecule has 0 unspecified atom stereocenters. The number of hydrogen-bond donors (Lipinski definition) is 0. The van der Waals surface area contributed by atoms with Crippen molar-refractivity contribution in [3.05, 3.63) is 59.7 Å². The number of amides is 1. The fraction of sp³-hybridized carbons (Fsp3) is 0.350. The minimum Gasteiger partial charge on any atom is -0.497 e. The molecule has 150 valence electrons. The van der Waals surface area contributed by atoms with Gasteiger partial charge in [0.1, 0.15) is 11.5 Å². The summed E-state index contributed by atoms with van der Waals surface area (Å²) < 4.78 is 45.7. The molecule has 1 saturated heterocycles. The molecule has 0 N–H and O–H groups in total. The number of halogens is 3. The van der Waals surface area contributed by atoms with Crippen LogP contribution in [0.4, 0.5) is 13.2 Å². The van der Waals surface area contributed by atoms with E-state index in [9.17, 15) is 18.0 Å². The molecule has 28 heavy (non-hydrogen) atoms. The van der Waals surface area contributed by atoms with Gasteiger partial charge in [0.25, 0.3) is 5.91 Å². The van der Waals surface area contributed by atoms with E-state index in [0.717, 1.165) is 5.56 Å². The van der Waals surface area contributed by atoms with E-state index >= 15 is 0 Å². The minimum atomic E-state index is -4.69. The highest BCUT2D eigenvalue weighted by Crippen LogP contribution is 2.23. The van der Waals surface area contributed by atoms with E-state index in [4.69, 9.17) is 4.74 Å². The fourth-order valence-electron chi connectivity index (χ4n) is 3.10. The van der Waals surface area contributed by atoms with Gasteiger partial charge < -0.3 is 14.4 Å². The Balaban J connectivity index is 1.52. The summed E-state index contributed by atoms with van der Waals surface area (Å²) in [7, 11) is 1.56. The molecule has 0 bridgehead atoms. The number of ether oxygens (including phenoxy) is 2. The van der Waals surface area contributed by atoms with Crippen LogP contribution in [0.2, 0.25) is 0 Å². The van der Waals surface area contributed by atoms with Gasteiger partial charge in [0.2, 0.25) is 0 Å². The Labute approximate surface area is 161 Å². The van der Waals surface area contributed by atoms with E-state index < -0.39 is 6.36 Å². The first kappa shape index (κ1) is 20.0. The van der Waals surface area contributed by atoms with Crippen molar-refractivity contribution < 1.29 is 27.4 Å². The standard InChI is InChI=1S/C20H21F3N2O3/c1-27-18-4-2-3-16(13-18)19(26)25-11-9-24(10-12-25)14-15-5-7-17(8-6-15)28-20(21,22)23/h2-8,13H,9-12,14H2,1H3. The molecule has 2 aromatic rings. The van der Waals surface area contributed by atoms with Crippen LogP contribution < -0.4 is 9.47 Å². The van der Waals surface area contributed by atoms with Crippen LogP contribution >= 0.6 is 0 Å². The van der Waals surface area contributed by atoms with Crippen molar-refractivity contribution in [1.29, 1.82) is 0 Å². The number of benzene rings is 2. The molecule has 3 rings (SSSR count). The van der Waals surface area contributed by atoms with Crippen LogP contribution in [-0.2, 0) is 6.54 Å². The summed E-state index contributed by atoms with van der Waals surface area (Å²) in [6.45, 7) is 3.16. The van der Waals surface area contributed by atoms with Crippen LogP contribution in [0, 0.1) is 0 Å². The zero-order valence-electron chi connectivity index (χ0n) is 15.4. The van der Waals surface area contributed by atoms with Gasteiger partial charge in [0.05, 0.1) is 7.11 Å². The van der Waals surface area contributed by atoms with Gasteiger partial charge in [-0.25, -0.2) is 0 Å². The van der Waals surface area contributed by atoms with Gasteiger partial charge in [0, 0.05) is 38.3 Å². The van der Waals surface area contributed by atoms with Crippen molar-refractivity contribution >= 4 is 5.91 Å². The monoisotopic (exact) mass is 394 g/mol. The van der Waals surface area contributed by atoms with Gasteiger partial charge in [-0.15, -0.1) is 13.2 Å². The van der Waals surface area contributed by atoms with Crippen LogP contribution in [0.1, 0.15) is 15.9 Å². The summed E-state index contributed by atoms with van der Waals surface area (Å²) in [6, 6.07) is 12.9. The smallest absolute Gasteiger partial charge is 0.497 e. The number of nitrogens with zero attached hydrogens (tertiary/aromatic N) is 2. The number of alkyl halides is 3. The normalized spacial score (nSPS) is 15.4. The second-order valence-corrected chi connectivity index (χ2v) is 6.49. The molecule has 1 fully saturated rings. The number of carbonyl (C=O) groups is 1. The van der Waals surface area contributed by atoms with E-state index in [1.165, 1.54) is 12.1 Å². The first-order valence-electron chi connectivity index (χ1n) is 8.84. The zero-order valence-corrected chi connectivity index (χ0v) is 15.4. The van der Waals surface area contributed by atoms with Gasteiger partial charge in [-0.05, 0) is 35.9 Å². The van der Waals surface area contributed by atoms with Crippen LogP contribution in [0.3, 0.4) is 0 Å². The average molecular weight is 394 g/mol. The fourth-order valence-corrected chi connectivity index (χ4v) is 3.10. The first-order chi connectivity index (χ1) is 13.3. The molecule has 0 atom stereocenters. The van der Waals surface area contributed by atoms with E-state index in [1.54, 1.807) is 48.4 Å². The van der Waals surface area contributed by atoms with Crippen molar-refractivity contribution in [2.75, 3.05) is 33.3 Å². The topological polar surface area (TPSA) is 42.0 Å². The Hall–Kier alpha value is -2.74. The Morgan fingerprint density at radius 3 is 2.29 bits per heavy atom. The van der Waals surface area contributed by atoms with E-state index in [2.05, 4.69) is 9.64 Å². The first-order valence-corrected chi connectivity index (χ1v) is 8.84. The van der Waals surface area contributed by atoms with E-state index in [0.29, 0.717) is 44.0 Å². The molecule has 2 aromatic carbocycles. The number of rotatable bonds is 5. The molecule has 1 heterocycles. The maximum absolute atomic E-state index is 12.6. The summed E-state index contributed by atoms with van der Waals surface area (Å²) in [6.07, 6.45) is -4.69. The summed E-state index contributed by atoms with van der Waals surface area (Å²) in [5, 5.41) is 0. The molecule has 1 aliphatic heterocycles. The predicted octanol–water partition coefficient (Wildman–Crippen LogP) is 3.55. The zero-order chi connectivity index (χ0) is 20.1. The van der Waals surface area contributed by atoms with Crippen molar-refractivity contribution in [2.24, 2.45) is 0 Å². The highest BCUT2D eigenvalue weighted by Gasteiger charge is 2.31. The van der Waals surface area contributed by atoms with Crippen LogP contribution in [0.5, 0.6) is 11.5 Å². The summed E-state index contributed by atoms with van der Waals surface area (Å²) >= 11 is 0. The molecule has 1 aliphatic rings. The Morgan fingerprint density at radius 2 is 1.68 bits per heavy atom. The van der Waals surface area contributed by atoms with E-state index in [-0.39, 0.29) is 11.7 Å². The molecule has 5 nitrogen and oxygen atoms in total. The SMILES string of the molecule is COc1cccc(C(=O)N2CCN(Cc3ccc(OC(F)(F)F)cc3)CC2)c1. The molecule has 8 heteroatoms. The molecular formula is C20H21F3N2O3. The molecule has 0 radical (unpaired) electrons. The molecule has 0 saturated carbocycles. The largest absolute Gasteiger partial charge is 0.573 e. The summed E-state index contributed by atoms with van der Waals surface area (Å²) in [5.74, 6) is 0.375. The van der Waals surface area contributed by atoms with Gasteiger partial charge in [0.15, 0.2) is 0 Å². The third-order valence-corrected chi connectivity index (χ3v) is 4.54. The Bertz CT molecular complexity index is 801. The lowest BCUT2D eigenvalue weighted by Gasteiger charge is -2.34. The van der Waals surface area contributed by atoms with Gasteiger partial charge in [-0.3, -0.25) is 9.69 Å². The molecule has 0 aliphatic carbocycles. The van der Waals surface area contributed by atoms with Crippen molar-refractivity contribution in [1.82, 2.24) is 9.80 Å². The maximum Gasteiger partial charge on any atom is 0.573 e. The van der Waals surface area contributed by atoms with Crippen LogP contribution in [-0.4, -0.2) is 55.4 Å². The van der Waals surface area contributed by atoms with Crippen molar-refractivity contribution in [3.8, 4) is 11.5 Å². The lowest BCUT2D eigenvalue weighted by atomic mass is 10.1. The van der Waals surface area contributed by atoms with Crippen molar-refractivity contribution in [2.45, 2.75) is 12.9 Å². The summed E-state index contributed by atoms with van der Waals surface area (Å²) in [5.41, 5.74) is 1.48. The van der Waals surface area contributed by atoms with Crippen molar-refractivity contribution in [3.63, 3.8) is 0 Å². The van der Waals surface area contributed by atoms with Crippen LogP contribution in [0.25, 0.3) is 0 Å². The minimum absolute atomic E-state index is 0.0350. The molecule has 0 spiro atoms. The number of carbonyl (C=O) groups excluding carboxylic acids is 1. The molecular weight excluding hydrogens is 373 g/mol. The maximum atomic E-state index is 12.6. The molecule has 0 aromatic heterocycles. The number of methoxy groups -OCH3 is 1. The summed E-state index contributed by atoms with van der Waals surface area (Å²) in [4.78, 5) is 16.6. The van der Waals surface area contributed by atoms with Gasteiger partial charge in [-0.1, -0.05) is 18.2 Å². The second-order valence-electron chi connectivity index (χ2n) is 6.49. The average Bonchev–Trinajstić information content (AvgIpc) is 2.68. The lowest BCUT2D eigenvalue weighted by Crippen LogP contribution is -2.48. The highest BCUT2D eigenvalue weighted by molar-refractivity contribution is 5.94. The van der Waals surface area contributed by atoms with Crippen LogP contribution in [0.15, 0.2) is 48.5 Å². The predicted molar refractivity (Wildman–Crippen MR) is 97.3 cm³/mol.